The van der Waals surface area contributed by atoms with Gasteiger partial charge in [-0.1, -0.05) is 345 Å². The van der Waals surface area contributed by atoms with Crippen LogP contribution in [0.15, 0.2) is 482 Å². The first kappa shape index (κ1) is 80.9. The second kappa shape index (κ2) is 33.9. The van der Waals surface area contributed by atoms with E-state index in [0.29, 0.717) is 11.1 Å². The fraction of sp³-hybridized carbons (Fsp3) is 0.00775. The first-order valence-electron chi connectivity index (χ1n) is 46.3. The van der Waals surface area contributed by atoms with Crippen molar-refractivity contribution in [3.05, 3.63) is 490 Å². The van der Waals surface area contributed by atoms with Crippen molar-refractivity contribution in [2.24, 2.45) is 0 Å². The van der Waals surface area contributed by atoms with Crippen LogP contribution in [0.25, 0.3) is 247 Å². The average Bonchev–Trinajstić information content (AvgIpc) is 1.62. The lowest BCUT2D eigenvalue weighted by Crippen LogP contribution is -1.96. The number of nitrogens with zero attached hydrogens (tertiary/aromatic N) is 5. The molecule has 7 nitrogen and oxygen atoms in total. The van der Waals surface area contributed by atoms with E-state index in [9.17, 15) is 10.5 Å². The SMILES string of the molecule is Cc1ccc2c(c1)c1ccccc1n2-c1cccc(-c2cccc(-c3ccccc3)c2-c2cccc3c2sc2ccccc23)c1.N#Cc1ccc2c(c1)c1ccccc1n2-c1cccc(-c2cccc(-c3ccccc3)c2-c2ccc3c(c2)oc2ccccc23)c1.N#Cc1ccc2c(c1)c1ccccc1n2-c1cccc(-c2cccc(-c3ccccc3)c2-c2cccc3c2oc2ccccc23)c1. The molecule has 27 rings (SSSR count). The largest absolute Gasteiger partial charge is 0.456 e. The van der Waals surface area contributed by atoms with Crippen LogP contribution in [0, 0.1) is 29.6 Å². The molecule has 0 N–H and O–H groups in total. The van der Waals surface area contributed by atoms with Crippen molar-refractivity contribution in [1.82, 2.24) is 13.7 Å². The number of rotatable bonds is 12. The predicted molar refractivity (Wildman–Crippen MR) is 573 cm³/mol. The summed E-state index contributed by atoms with van der Waals surface area (Å²) in [5, 5.41) is 33.3. The Kier molecular flexibility index (Phi) is 20.0. The predicted octanol–water partition coefficient (Wildman–Crippen LogP) is 35.6. The first-order valence-corrected chi connectivity index (χ1v) is 47.1. The third-order valence-corrected chi connectivity index (χ3v) is 28.4. The number of thiophene rings is 1. The Balaban J connectivity index is 0.000000109. The van der Waals surface area contributed by atoms with Gasteiger partial charge in [0.25, 0.3) is 0 Å². The quantitative estimate of drug-likeness (QED) is 0.122. The van der Waals surface area contributed by atoms with Crippen LogP contribution in [-0.4, -0.2) is 13.7 Å². The Hall–Kier alpha value is -18.2. The zero-order valence-electron chi connectivity index (χ0n) is 74.5. The molecule has 137 heavy (non-hydrogen) atoms. The second-order valence-electron chi connectivity index (χ2n) is 35.1. The van der Waals surface area contributed by atoms with Crippen molar-refractivity contribution in [3.63, 3.8) is 0 Å². The summed E-state index contributed by atoms with van der Waals surface area (Å²) >= 11 is 1.89. The van der Waals surface area contributed by atoms with Crippen LogP contribution in [-0.2, 0) is 0 Å². The maximum Gasteiger partial charge on any atom is 0.143 e. The molecule has 0 saturated carbocycles. The zero-order chi connectivity index (χ0) is 91.1. The van der Waals surface area contributed by atoms with Crippen molar-refractivity contribution in [3.8, 4) is 129 Å². The molecule has 0 aliphatic carbocycles. The minimum Gasteiger partial charge on any atom is -0.456 e. The van der Waals surface area contributed by atoms with E-state index in [4.69, 9.17) is 8.83 Å². The van der Waals surface area contributed by atoms with Crippen molar-refractivity contribution in [1.29, 1.82) is 10.5 Å². The van der Waals surface area contributed by atoms with Gasteiger partial charge in [0.2, 0.25) is 0 Å². The molecule has 640 valence electrons. The molecule has 0 aliphatic rings. The molecular formula is C129H81N5O2S. The normalized spacial score (nSPS) is 11.5. The Bertz CT molecular complexity index is 9600. The Morgan fingerprint density at radius 2 is 0.555 bits per heavy atom. The maximum atomic E-state index is 9.62. The second-order valence-corrected chi connectivity index (χ2v) is 36.1. The van der Waals surface area contributed by atoms with Gasteiger partial charge in [-0.25, -0.2) is 0 Å². The summed E-state index contributed by atoms with van der Waals surface area (Å²) in [5.74, 6) is 0. The molecule has 0 amide bonds. The van der Waals surface area contributed by atoms with Gasteiger partial charge in [0.15, 0.2) is 0 Å². The van der Waals surface area contributed by atoms with Crippen LogP contribution in [0.2, 0.25) is 0 Å². The summed E-state index contributed by atoms with van der Waals surface area (Å²) in [6.07, 6.45) is 0. The highest BCUT2D eigenvalue weighted by Gasteiger charge is 2.26. The van der Waals surface area contributed by atoms with E-state index in [-0.39, 0.29) is 0 Å². The van der Waals surface area contributed by atoms with Crippen LogP contribution in [0.1, 0.15) is 16.7 Å². The van der Waals surface area contributed by atoms with Gasteiger partial charge in [0.1, 0.15) is 22.3 Å². The Morgan fingerprint density at radius 1 is 0.212 bits per heavy atom. The van der Waals surface area contributed by atoms with Crippen LogP contribution in [0.4, 0.5) is 0 Å². The topological polar surface area (TPSA) is 88.6 Å². The lowest BCUT2D eigenvalue weighted by Gasteiger charge is -2.18. The average molecular weight is 1770 g/mol. The van der Waals surface area contributed by atoms with E-state index in [1.807, 2.05) is 59.9 Å². The van der Waals surface area contributed by atoms with E-state index in [1.165, 1.54) is 92.2 Å². The molecule has 0 fully saturated rings. The van der Waals surface area contributed by atoms with Gasteiger partial charge in [-0.15, -0.1) is 11.3 Å². The molecule has 0 atom stereocenters. The molecule has 21 aromatic carbocycles. The number of hydrogen-bond acceptors (Lipinski definition) is 5. The van der Waals surface area contributed by atoms with Crippen LogP contribution in [0.3, 0.4) is 0 Å². The molecule has 0 spiro atoms. The third kappa shape index (κ3) is 14.0. The van der Waals surface area contributed by atoms with Crippen LogP contribution < -0.4 is 0 Å². The summed E-state index contributed by atoms with van der Waals surface area (Å²) in [4.78, 5) is 0. The molecule has 0 radical (unpaired) electrons. The lowest BCUT2D eigenvalue weighted by atomic mass is 9.87. The van der Waals surface area contributed by atoms with Gasteiger partial charge in [-0.3, -0.25) is 0 Å². The summed E-state index contributed by atoms with van der Waals surface area (Å²) in [5.41, 5.74) is 37.3. The van der Waals surface area contributed by atoms with Gasteiger partial charge in [0.05, 0.1) is 56.4 Å². The van der Waals surface area contributed by atoms with E-state index >= 15 is 0 Å². The molecule has 6 aromatic heterocycles. The van der Waals surface area contributed by atoms with Crippen molar-refractivity contribution in [2.75, 3.05) is 0 Å². The standard InChI is InChI=1S/2C43H26N2O.C43H29NS/c44-27-28-23-24-40-38(25-28)34-15-4-6-21-39(34)45(40)31-14-8-13-30(26-31)33-18-9-17-32(29-11-2-1-3-12-29)42(33)37-20-10-19-36-35-16-5-7-22-41(35)46-43(36)37;44-27-28-20-23-40-38(24-28)35-14-4-6-18-39(35)45(40)32-13-8-12-30(25-32)34-17-9-16-33(29-10-2-1-3-11-29)43(34)31-21-22-37-36-15-5-7-19-41(36)46-42(37)26-31;1-28-24-25-40-38(26-28)34-16-5-7-22-39(34)44(40)31-15-9-14-30(27-31)33-19-10-18-32(29-12-3-2-4-13-29)42(33)37-21-11-20-36-35-17-6-8-23-41(35)45-43(36)37/h2*1-26H;2-27H,1H3. The van der Waals surface area contributed by atoms with Gasteiger partial charge >= 0.3 is 0 Å². The summed E-state index contributed by atoms with van der Waals surface area (Å²) in [7, 11) is 0. The highest BCUT2D eigenvalue weighted by atomic mass is 32.1. The molecule has 8 heteroatoms. The smallest absolute Gasteiger partial charge is 0.143 e. The Labute approximate surface area is 794 Å². The Morgan fingerprint density at radius 3 is 1.06 bits per heavy atom. The summed E-state index contributed by atoms with van der Waals surface area (Å²) < 4.78 is 22.6. The van der Waals surface area contributed by atoms with Crippen LogP contribution in [0.5, 0.6) is 0 Å². The fourth-order valence-electron chi connectivity index (χ4n) is 21.1. The van der Waals surface area contributed by atoms with Gasteiger partial charge in [-0.05, 0) is 224 Å². The number of fused-ring (bicyclic) bond motifs is 18. The van der Waals surface area contributed by atoms with Crippen LogP contribution >= 0.6 is 11.3 Å². The molecule has 0 bridgehead atoms. The van der Waals surface area contributed by atoms with E-state index in [1.54, 1.807) is 0 Å². The zero-order valence-corrected chi connectivity index (χ0v) is 75.3. The molecule has 27 aromatic rings. The van der Waals surface area contributed by atoms with Gasteiger partial charge < -0.3 is 22.5 Å². The summed E-state index contributed by atoms with van der Waals surface area (Å²) in [6.45, 7) is 2.17. The molecule has 0 aliphatic heterocycles. The minimum absolute atomic E-state index is 0.659. The number of furan rings is 2. The van der Waals surface area contributed by atoms with E-state index < -0.39 is 0 Å². The maximum absolute atomic E-state index is 9.62. The molecule has 0 unspecified atom stereocenters. The van der Waals surface area contributed by atoms with Crippen molar-refractivity contribution >= 4 is 141 Å². The third-order valence-electron chi connectivity index (χ3n) is 27.1. The fourth-order valence-corrected chi connectivity index (χ4v) is 22.3. The molecular weight excluding hydrogens is 1680 g/mol. The summed E-state index contributed by atoms with van der Waals surface area (Å²) in [6, 6.07) is 173. The molecule has 0 saturated heterocycles. The highest BCUT2D eigenvalue weighted by Crippen LogP contribution is 2.51. The van der Waals surface area contributed by atoms with E-state index in [0.717, 1.165) is 160 Å². The number of hydrogen-bond donors (Lipinski definition) is 0. The highest BCUT2D eigenvalue weighted by molar-refractivity contribution is 7.26. The minimum atomic E-state index is 0.659. The first-order chi connectivity index (χ1) is 67.8. The van der Waals surface area contributed by atoms with Crippen molar-refractivity contribution in [2.45, 2.75) is 6.92 Å². The van der Waals surface area contributed by atoms with Gasteiger partial charge in [0, 0.05) is 108 Å². The molecule has 6 heterocycles. The van der Waals surface area contributed by atoms with Gasteiger partial charge in [-0.2, -0.15) is 10.5 Å². The van der Waals surface area contributed by atoms with E-state index in [2.05, 4.69) is 457 Å². The lowest BCUT2D eigenvalue weighted by molar-refractivity contribution is 0.669. The number of aromatic nitrogens is 3. The number of aryl methyl sites for hydroxylation is 1. The van der Waals surface area contributed by atoms with Crippen molar-refractivity contribution < 1.29 is 8.83 Å². The number of benzene rings is 21. The number of para-hydroxylation sites is 6. The number of nitriles is 2. The monoisotopic (exact) mass is 1760 g/mol.